The van der Waals surface area contributed by atoms with E-state index in [0.29, 0.717) is 10.8 Å². The highest BCUT2D eigenvalue weighted by atomic mass is 35.5. The fourth-order valence-electron chi connectivity index (χ4n) is 2.48. The number of rotatable bonds is 3. The number of hydrogen-bond donors (Lipinski definition) is 1. The lowest BCUT2D eigenvalue weighted by atomic mass is 10.1. The Morgan fingerprint density at radius 1 is 0.920 bits per heavy atom. The van der Waals surface area contributed by atoms with Crippen LogP contribution in [0.5, 0.6) is 0 Å². The van der Waals surface area contributed by atoms with E-state index in [4.69, 9.17) is 11.6 Å². The van der Waals surface area contributed by atoms with Gasteiger partial charge in [0.1, 0.15) is 5.82 Å². The predicted octanol–water partition coefficient (Wildman–Crippen LogP) is 5.23. The molecule has 0 fully saturated rings. The smallest absolute Gasteiger partial charge is 0.152 e. The third-order valence-electron chi connectivity index (χ3n) is 3.71. The molecule has 0 aliphatic carbocycles. The summed E-state index contributed by atoms with van der Waals surface area (Å²) in [6.07, 6.45) is 3.40. The summed E-state index contributed by atoms with van der Waals surface area (Å²) >= 11 is 6.18. The minimum Gasteiger partial charge on any atom is -0.353 e. The van der Waals surface area contributed by atoms with E-state index >= 15 is 0 Å². The lowest BCUT2D eigenvalue weighted by Crippen LogP contribution is -1.95. The van der Waals surface area contributed by atoms with Gasteiger partial charge in [-0.25, -0.2) is 14.4 Å². The largest absolute Gasteiger partial charge is 0.353 e. The standard InChI is InChI=1S/C19H12ClFN4/c20-19-18(24-14-5-3-13(21)4-6-14)10-12(11-23-19)15-7-8-16-17(25-15)2-1-9-22-16/h1-11,24H. The maximum Gasteiger partial charge on any atom is 0.152 e. The van der Waals surface area contributed by atoms with Gasteiger partial charge in [-0.2, -0.15) is 0 Å². The molecule has 4 rings (SSSR count). The molecule has 3 aromatic heterocycles. The summed E-state index contributed by atoms with van der Waals surface area (Å²) in [5, 5.41) is 3.47. The molecule has 0 saturated heterocycles. The molecule has 0 spiro atoms. The average molecular weight is 351 g/mol. The number of halogens is 2. The zero-order valence-corrected chi connectivity index (χ0v) is 13.7. The van der Waals surface area contributed by atoms with E-state index in [1.54, 1.807) is 24.5 Å². The number of hydrogen-bond acceptors (Lipinski definition) is 4. The van der Waals surface area contributed by atoms with Crippen LogP contribution in [-0.4, -0.2) is 15.0 Å². The SMILES string of the molecule is Fc1ccc(Nc2cc(-c3ccc4ncccc4n3)cnc2Cl)cc1. The highest BCUT2D eigenvalue weighted by Gasteiger charge is 2.08. The number of benzene rings is 1. The van der Waals surface area contributed by atoms with Crippen LogP contribution in [0.1, 0.15) is 0 Å². The summed E-state index contributed by atoms with van der Waals surface area (Å²) in [6.45, 7) is 0. The zero-order chi connectivity index (χ0) is 17.2. The molecule has 4 aromatic rings. The molecule has 3 heterocycles. The molecule has 0 unspecified atom stereocenters. The van der Waals surface area contributed by atoms with Crippen molar-refractivity contribution in [3.05, 3.63) is 78.0 Å². The Kier molecular flexibility index (Phi) is 3.99. The van der Waals surface area contributed by atoms with Gasteiger partial charge in [-0.05, 0) is 54.6 Å². The minimum atomic E-state index is -0.294. The van der Waals surface area contributed by atoms with E-state index in [1.807, 2.05) is 30.3 Å². The summed E-state index contributed by atoms with van der Waals surface area (Å²) in [5.41, 5.74) is 4.57. The van der Waals surface area contributed by atoms with Crippen LogP contribution in [0.25, 0.3) is 22.3 Å². The van der Waals surface area contributed by atoms with E-state index < -0.39 is 0 Å². The van der Waals surface area contributed by atoms with Crippen LogP contribution in [0.15, 0.2) is 67.0 Å². The van der Waals surface area contributed by atoms with Crippen molar-refractivity contribution in [3.63, 3.8) is 0 Å². The maximum atomic E-state index is 13.0. The van der Waals surface area contributed by atoms with Gasteiger partial charge in [0.2, 0.25) is 0 Å². The Balaban J connectivity index is 1.71. The molecule has 0 atom stereocenters. The van der Waals surface area contributed by atoms with Gasteiger partial charge in [-0.15, -0.1) is 0 Å². The monoisotopic (exact) mass is 350 g/mol. The zero-order valence-electron chi connectivity index (χ0n) is 12.9. The average Bonchev–Trinajstić information content (AvgIpc) is 2.65. The van der Waals surface area contributed by atoms with Crippen molar-refractivity contribution in [1.82, 2.24) is 15.0 Å². The lowest BCUT2D eigenvalue weighted by molar-refractivity contribution is 0.628. The molecule has 6 heteroatoms. The Morgan fingerprint density at radius 3 is 2.60 bits per heavy atom. The summed E-state index contributed by atoms with van der Waals surface area (Å²) < 4.78 is 13.0. The second-order valence-corrected chi connectivity index (χ2v) is 5.79. The van der Waals surface area contributed by atoms with Crippen molar-refractivity contribution in [3.8, 4) is 11.3 Å². The number of pyridine rings is 3. The van der Waals surface area contributed by atoms with Crippen LogP contribution in [0.4, 0.5) is 15.8 Å². The molecule has 0 aliphatic rings. The van der Waals surface area contributed by atoms with Crippen LogP contribution in [-0.2, 0) is 0 Å². The molecule has 122 valence electrons. The van der Waals surface area contributed by atoms with E-state index in [9.17, 15) is 4.39 Å². The van der Waals surface area contributed by atoms with E-state index in [2.05, 4.69) is 20.3 Å². The number of fused-ring (bicyclic) bond motifs is 1. The van der Waals surface area contributed by atoms with Gasteiger partial charge < -0.3 is 5.32 Å². The Hall–Kier alpha value is -3.05. The molecule has 1 aromatic carbocycles. The van der Waals surface area contributed by atoms with Crippen LogP contribution in [0.3, 0.4) is 0 Å². The molecule has 0 radical (unpaired) electrons. The molecule has 1 N–H and O–H groups in total. The van der Waals surface area contributed by atoms with Gasteiger partial charge in [0.25, 0.3) is 0 Å². The molecule has 0 aliphatic heterocycles. The van der Waals surface area contributed by atoms with Crippen LogP contribution in [0, 0.1) is 5.82 Å². The lowest BCUT2D eigenvalue weighted by Gasteiger charge is -2.10. The summed E-state index contributed by atoms with van der Waals surface area (Å²) in [5.74, 6) is -0.294. The molecule has 0 bridgehead atoms. The first-order valence-corrected chi connectivity index (χ1v) is 7.97. The molecular weight excluding hydrogens is 339 g/mol. The Morgan fingerprint density at radius 2 is 1.76 bits per heavy atom. The van der Waals surface area contributed by atoms with Crippen LogP contribution < -0.4 is 5.32 Å². The topological polar surface area (TPSA) is 50.7 Å². The van der Waals surface area contributed by atoms with Gasteiger partial charge >= 0.3 is 0 Å². The van der Waals surface area contributed by atoms with Gasteiger partial charge in [0.15, 0.2) is 5.15 Å². The number of anilines is 2. The Bertz CT molecular complexity index is 1050. The first kappa shape index (κ1) is 15.5. The quantitative estimate of drug-likeness (QED) is 0.514. The predicted molar refractivity (Wildman–Crippen MR) is 97.5 cm³/mol. The van der Waals surface area contributed by atoms with Gasteiger partial charge in [0, 0.05) is 23.6 Å². The van der Waals surface area contributed by atoms with E-state index in [-0.39, 0.29) is 5.82 Å². The van der Waals surface area contributed by atoms with E-state index in [0.717, 1.165) is 28.0 Å². The molecule has 0 amide bonds. The van der Waals surface area contributed by atoms with Crippen molar-refractivity contribution < 1.29 is 4.39 Å². The Labute approximate surface area is 148 Å². The normalized spacial score (nSPS) is 10.8. The van der Waals surface area contributed by atoms with Crippen molar-refractivity contribution in [2.75, 3.05) is 5.32 Å². The van der Waals surface area contributed by atoms with Crippen molar-refractivity contribution >= 4 is 34.0 Å². The maximum absolute atomic E-state index is 13.0. The fraction of sp³-hybridized carbons (Fsp3) is 0. The van der Waals surface area contributed by atoms with Crippen molar-refractivity contribution in [2.24, 2.45) is 0 Å². The van der Waals surface area contributed by atoms with Gasteiger partial charge in [-0.1, -0.05) is 11.6 Å². The third kappa shape index (κ3) is 3.27. The van der Waals surface area contributed by atoms with Crippen LogP contribution in [0.2, 0.25) is 5.15 Å². The summed E-state index contributed by atoms with van der Waals surface area (Å²) in [7, 11) is 0. The highest BCUT2D eigenvalue weighted by molar-refractivity contribution is 6.32. The second-order valence-electron chi connectivity index (χ2n) is 5.43. The van der Waals surface area contributed by atoms with E-state index in [1.165, 1.54) is 12.1 Å². The van der Waals surface area contributed by atoms with Crippen molar-refractivity contribution in [1.29, 1.82) is 0 Å². The van der Waals surface area contributed by atoms with Crippen LogP contribution >= 0.6 is 11.6 Å². The van der Waals surface area contributed by atoms with Gasteiger partial charge in [-0.3, -0.25) is 4.98 Å². The molecule has 0 saturated carbocycles. The first-order chi connectivity index (χ1) is 12.2. The summed E-state index contributed by atoms with van der Waals surface area (Å²) in [6, 6.07) is 15.5. The third-order valence-corrected chi connectivity index (χ3v) is 4.02. The van der Waals surface area contributed by atoms with Gasteiger partial charge in [0.05, 0.1) is 22.4 Å². The number of aromatic nitrogens is 3. The van der Waals surface area contributed by atoms with Crippen molar-refractivity contribution in [2.45, 2.75) is 0 Å². The number of nitrogens with one attached hydrogen (secondary N) is 1. The second kappa shape index (κ2) is 6.45. The fourth-order valence-corrected chi connectivity index (χ4v) is 2.63. The molecular formula is C19H12ClFN4. The highest BCUT2D eigenvalue weighted by Crippen LogP contribution is 2.29. The number of nitrogens with zero attached hydrogens (tertiary/aromatic N) is 3. The first-order valence-electron chi connectivity index (χ1n) is 7.59. The molecule has 25 heavy (non-hydrogen) atoms. The summed E-state index contributed by atoms with van der Waals surface area (Å²) in [4.78, 5) is 13.1. The minimum absolute atomic E-state index is 0.294. The molecule has 4 nitrogen and oxygen atoms in total.